The fraction of sp³-hybridized carbons (Fsp3) is 0.105. The van der Waals surface area contributed by atoms with Crippen LogP contribution in [0.5, 0.6) is 0 Å². The molecule has 130 valence electrons. The molecule has 2 heterocycles. The minimum atomic E-state index is -0.716. The van der Waals surface area contributed by atoms with Crippen LogP contribution in [0.4, 0.5) is 11.5 Å². The summed E-state index contributed by atoms with van der Waals surface area (Å²) in [6, 6.07) is 17.5. The summed E-state index contributed by atoms with van der Waals surface area (Å²) in [5.74, 6) is -0.00392. The SMILES string of the molecule is O=C1C[C@@H](C(=O)Nc2ccc(Cl)cc2)n2nc(-c3ccccc3)cc2N1. The molecule has 0 unspecified atom stereocenters. The molecule has 26 heavy (non-hydrogen) atoms. The Balaban J connectivity index is 1.64. The number of amides is 2. The molecule has 1 atom stereocenters. The van der Waals surface area contributed by atoms with Gasteiger partial charge in [0.1, 0.15) is 11.9 Å². The zero-order valence-electron chi connectivity index (χ0n) is 13.6. The Hall–Kier alpha value is -3.12. The molecule has 3 aromatic rings. The van der Waals surface area contributed by atoms with Crippen LogP contribution >= 0.6 is 11.6 Å². The molecule has 2 amide bonds. The van der Waals surface area contributed by atoms with E-state index >= 15 is 0 Å². The molecular formula is C19H15ClN4O2. The van der Waals surface area contributed by atoms with E-state index in [9.17, 15) is 9.59 Å². The van der Waals surface area contributed by atoms with Gasteiger partial charge >= 0.3 is 0 Å². The van der Waals surface area contributed by atoms with Crippen LogP contribution in [0.3, 0.4) is 0 Å². The standard InChI is InChI=1S/C19H15ClN4O2/c20-13-6-8-14(9-7-13)21-19(26)16-11-18(25)22-17-10-15(23-24(16)17)12-4-2-1-3-5-12/h1-10,16H,11H2,(H,21,26)(H,22,25)/t16-/m0/s1. The Kier molecular flexibility index (Phi) is 4.18. The summed E-state index contributed by atoms with van der Waals surface area (Å²) in [5, 5.41) is 10.7. The van der Waals surface area contributed by atoms with Crippen LogP contribution in [-0.2, 0) is 9.59 Å². The van der Waals surface area contributed by atoms with Gasteiger partial charge in [-0.15, -0.1) is 0 Å². The lowest BCUT2D eigenvalue weighted by molar-refractivity contribution is -0.125. The van der Waals surface area contributed by atoms with E-state index in [4.69, 9.17) is 11.6 Å². The maximum Gasteiger partial charge on any atom is 0.249 e. The molecule has 0 radical (unpaired) electrons. The highest BCUT2D eigenvalue weighted by atomic mass is 35.5. The van der Waals surface area contributed by atoms with E-state index in [2.05, 4.69) is 15.7 Å². The van der Waals surface area contributed by atoms with Gasteiger partial charge in [-0.2, -0.15) is 5.10 Å². The fourth-order valence-corrected chi connectivity index (χ4v) is 3.02. The summed E-state index contributed by atoms with van der Waals surface area (Å²) in [6.45, 7) is 0. The Morgan fingerprint density at radius 2 is 1.88 bits per heavy atom. The fourth-order valence-electron chi connectivity index (χ4n) is 2.89. The average Bonchev–Trinajstić information content (AvgIpc) is 3.07. The van der Waals surface area contributed by atoms with Crippen LogP contribution in [0.1, 0.15) is 12.5 Å². The molecule has 7 heteroatoms. The smallest absolute Gasteiger partial charge is 0.249 e. The molecule has 0 fully saturated rings. The van der Waals surface area contributed by atoms with E-state index < -0.39 is 6.04 Å². The number of halogens is 1. The van der Waals surface area contributed by atoms with Crippen molar-refractivity contribution in [2.24, 2.45) is 0 Å². The molecule has 0 aliphatic carbocycles. The first-order valence-corrected chi connectivity index (χ1v) is 8.49. The quantitative estimate of drug-likeness (QED) is 0.741. The molecule has 4 rings (SSSR count). The highest BCUT2D eigenvalue weighted by molar-refractivity contribution is 6.30. The molecule has 0 bridgehead atoms. The summed E-state index contributed by atoms with van der Waals surface area (Å²) < 4.78 is 1.56. The first kappa shape index (κ1) is 16.4. The van der Waals surface area contributed by atoms with Gasteiger partial charge in [0.05, 0.1) is 12.1 Å². The predicted octanol–water partition coefficient (Wildman–Crippen LogP) is 3.73. The van der Waals surface area contributed by atoms with Crippen molar-refractivity contribution in [3.05, 3.63) is 65.7 Å². The maximum atomic E-state index is 12.7. The van der Waals surface area contributed by atoms with Crippen LogP contribution in [0.25, 0.3) is 11.3 Å². The third kappa shape index (κ3) is 3.19. The number of hydrogen-bond acceptors (Lipinski definition) is 3. The normalized spacial score (nSPS) is 15.9. The Morgan fingerprint density at radius 3 is 2.62 bits per heavy atom. The molecule has 2 N–H and O–H groups in total. The highest BCUT2D eigenvalue weighted by Gasteiger charge is 2.32. The van der Waals surface area contributed by atoms with Gasteiger partial charge in [0.15, 0.2) is 0 Å². The van der Waals surface area contributed by atoms with Gasteiger partial charge in [-0.1, -0.05) is 41.9 Å². The van der Waals surface area contributed by atoms with Crippen LogP contribution in [0, 0.1) is 0 Å². The molecule has 0 saturated heterocycles. The maximum absolute atomic E-state index is 12.7. The first-order chi connectivity index (χ1) is 12.6. The number of fused-ring (bicyclic) bond motifs is 1. The molecule has 0 spiro atoms. The molecule has 1 aliphatic rings. The first-order valence-electron chi connectivity index (χ1n) is 8.11. The van der Waals surface area contributed by atoms with Crippen molar-refractivity contribution in [2.45, 2.75) is 12.5 Å². The summed E-state index contributed by atoms with van der Waals surface area (Å²) in [6.07, 6.45) is 0.0301. The highest BCUT2D eigenvalue weighted by Crippen LogP contribution is 2.30. The molecule has 0 saturated carbocycles. The summed E-state index contributed by atoms with van der Waals surface area (Å²) >= 11 is 5.86. The lowest BCUT2D eigenvalue weighted by Crippen LogP contribution is -2.35. The lowest BCUT2D eigenvalue weighted by atomic mass is 10.1. The van der Waals surface area contributed by atoms with Crippen molar-refractivity contribution >= 4 is 34.9 Å². The van der Waals surface area contributed by atoms with Crippen LogP contribution < -0.4 is 10.6 Å². The minimum Gasteiger partial charge on any atom is -0.324 e. The monoisotopic (exact) mass is 366 g/mol. The number of benzene rings is 2. The zero-order valence-corrected chi connectivity index (χ0v) is 14.4. The molecular weight excluding hydrogens is 352 g/mol. The number of rotatable bonds is 3. The zero-order chi connectivity index (χ0) is 18.1. The number of carbonyl (C=O) groups excluding carboxylic acids is 2. The third-order valence-corrected chi connectivity index (χ3v) is 4.41. The van der Waals surface area contributed by atoms with Crippen molar-refractivity contribution in [3.8, 4) is 11.3 Å². The van der Waals surface area contributed by atoms with Crippen molar-refractivity contribution in [1.29, 1.82) is 0 Å². The second-order valence-electron chi connectivity index (χ2n) is 5.99. The van der Waals surface area contributed by atoms with Gasteiger partial charge in [0.25, 0.3) is 0 Å². The van der Waals surface area contributed by atoms with E-state index in [1.54, 1.807) is 35.0 Å². The van der Waals surface area contributed by atoms with Gasteiger partial charge < -0.3 is 10.6 Å². The third-order valence-electron chi connectivity index (χ3n) is 4.16. The van der Waals surface area contributed by atoms with Gasteiger partial charge in [0.2, 0.25) is 11.8 Å². The van der Waals surface area contributed by atoms with E-state index in [0.717, 1.165) is 5.56 Å². The van der Waals surface area contributed by atoms with Crippen LogP contribution in [-0.4, -0.2) is 21.6 Å². The second-order valence-corrected chi connectivity index (χ2v) is 6.43. The Labute approximate surface area is 154 Å². The van der Waals surface area contributed by atoms with Crippen molar-refractivity contribution in [2.75, 3.05) is 10.6 Å². The number of anilines is 2. The lowest BCUT2D eigenvalue weighted by Gasteiger charge is -2.23. The number of carbonyl (C=O) groups is 2. The van der Waals surface area contributed by atoms with Gasteiger partial charge in [-0.25, -0.2) is 4.68 Å². The van der Waals surface area contributed by atoms with E-state index in [0.29, 0.717) is 22.2 Å². The van der Waals surface area contributed by atoms with E-state index in [1.165, 1.54) is 0 Å². The van der Waals surface area contributed by atoms with Crippen molar-refractivity contribution < 1.29 is 9.59 Å². The largest absolute Gasteiger partial charge is 0.324 e. The average molecular weight is 367 g/mol. The Bertz CT molecular complexity index is 967. The van der Waals surface area contributed by atoms with Crippen LogP contribution in [0.2, 0.25) is 5.02 Å². The number of hydrogen-bond donors (Lipinski definition) is 2. The van der Waals surface area contributed by atoms with Gasteiger partial charge in [-0.05, 0) is 24.3 Å². The van der Waals surface area contributed by atoms with Crippen LogP contribution in [0.15, 0.2) is 60.7 Å². The van der Waals surface area contributed by atoms with Crippen molar-refractivity contribution in [1.82, 2.24) is 9.78 Å². The molecule has 6 nitrogen and oxygen atoms in total. The van der Waals surface area contributed by atoms with E-state index in [-0.39, 0.29) is 18.2 Å². The van der Waals surface area contributed by atoms with Gasteiger partial charge in [0, 0.05) is 22.3 Å². The number of nitrogens with one attached hydrogen (secondary N) is 2. The number of nitrogens with zero attached hydrogens (tertiary/aromatic N) is 2. The van der Waals surface area contributed by atoms with Gasteiger partial charge in [-0.3, -0.25) is 9.59 Å². The summed E-state index contributed by atoms with van der Waals surface area (Å²) in [7, 11) is 0. The molecule has 2 aromatic carbocycles. The predicted molar refractivity (Wildman–Crippen MR) is 100 cm³/mol. The molecule has 1 aromatic heterocycles. The summed E-state index contributed by atoms with van der Waals surface area (Å²) in [4.78, 5) is 24.8. The van der Waals surface area contributed by atoms with Crippen molar-refractivity contribution in [3.63, 3.8) is 0 Å². The summed E-state index contributed by atoms with van der Waals surface area (Å²) in [5.41, 5.74) is 2.23. The molecule has 1 aliphatic heterocycles. The Morgan fingerprint density at radius 1 is 1.15 bits per heavy atom. The topological polar surface area (TPSA) is 76.0 Å². The van der Waals surface area contributed by atoms with E-state index in [1.807, 2.05) is 30.3 Å². The number of aromatic nitrogens is 2. The minimum absolute atomic E-state index is 0.0301. The second kappa shape index (κ2) is 6.65.